The molecule has 0 heterocycles. The van der Waals surface area contributed by atoms with Gasteiger partial charge in [-0.05, 0) is 12.5 Å². The molecule has 0 rings (SSSR count). The maximum Gasteiger partial charge on any atom is 0.331 e. The topological polar surface area (TPSA) is 102 Å². The molecule has 7 nitrogen and oxygen atoms in total. The molecule has 0 aliphatic carbocycles. The van der Waals surface area contributed by atoms with Gasteiger partial charge in [-0.25, -0.2) is 4.79 Å². The number of carbonyl (C=O) groups excluding carboxylic acids is 3. The summed E-state index contributed by atoms with van der Waals surface area (Å²) in [5.41, 5.74) is 0.258. The number of carbonyl (C=O) groups is 3. The zero-order valence-corrected chi connectivity index (χ0v) is 11.0. The molecule has 0 aliphatic rings. The summed E-state index contributed by atoms with van der Waals surface area (Å²) in [4.78, 5) is 32.5. The molecular weight excluding hydrogens is 254 g/mol. The molecule has 0 aromatic carbocycles. The Hall–Kier alpha value is -1.89. The van der Waals surface area contributed by atoms with E-state index < -0.39 is 24.1 Å². The maximum absolute atomic E-state index is 11.5. The van der Waals surface area contributed by atoms with Crippen molar-refractivity contribution in [3.8, 4) is 0 Å². The fraction of sp³-hybridized carbons (Fsp3) is 0.583. The van der Waals surface area contributed by atoms with Crippen LogP contribution in [0, 0.1) is 0 Å². The minimum Gasteiger partial charge on any atom is -0.466 e. The van der Waals surface area contributed by atoms with Gasteiger partial charge in [0.1, 0.15) is 6.10 Å². The van der Waals surface area contributed by atoms with Crippen LogP contribution in [0.3, 0.4) is 0 Å². The van der Waals surface area contributed by atoms with Crippen molar-refractivity contribution in [1.82, 2.24) is 5.32 Å². The van der Waals surface area contributed by atoms with Gasteiger partial charge in [-0.3, -0.25) is 9.59 Å². The lowest BCUT2D eigenvalue weighted by atomic mass is 10.0. The van der Waals surface area contributed by atoms with Gasteiger partial charge in [-0.15, -0.1) is 0 Å². The van der Waals surface area contributed by atoms with E-state index in [1.807, 2.05) is 0 Å². The quantitative estimate of drug-likeness (QED) is 0.335. The van der Waals surface area contributed by atoms with Crippen molar-refractivity contribution >= 4 is 18.3 Å². The first kappa shape index (κ1) is 17.1. The van der Waals surface area contributed by atoms with E-state index in [4.69, 9.17) is 9.47 Å². The normalized spacial score (nSPS) is 13.0. The van der Waals surface area contributed by atoms with E-state index in [0.717, 1.165) is 0 Å². The Morgan fingerprint density at radius 3 is 2.53 bits per heavy atom. The van der Waals surface area contributed by atoms with Crippen molar-refractivity contribution in [2.45, 2.75) is 32.4 Å². The maximum atomic E-state index is 11.5. The molecule has 2 unspecified atom stereocenters. The Kier molecular flexibility index (Phi) is 8.19. The van der Waals surface area contributed by atoms with Gasteiger partial charge in [0.15, 0.2) is 6.04 Å². The number of ether oxygens (including phenoxy) is 2. The van der Waals surface area contributed by atoms with Crippen molar-refractivity contribution in [1.29, 1.82) is 0 Å². The molecule has 0 radical (unpaired) electrons. The molecule has 0 saturated heterocycles. The lowest BCUT2D eigenvalue weighted by molar-refractivity contribution is -0.149. The SMILES string of the molecule is C=C(CCOC(C)=O)C(O)C(NC=O)C(=O)OCC. The highest BCUT2D eigenvalue weighted by atomic mass is 16.5. The van der Waals surface area contributed by atoms with Crippen molar-refractivity contribution < 1.29 is 29.0 Å². The summed E-state index contributed by atoms with van der Waals surface area (Å²) in [5, 5.41) is 12.1. The second-order valence-corrected chi connectivity index (χ2v) is 3.71. The number of aliphatic hydroxyl groups excluding tert-OH is 1. The first-order valence-electron chi connectivity index (χ1n) is 5.79. The van der Waals surface area contributed by atoms with Crippen LogP contribution in [0.1, 0.15) is 20.3 Å². The molecular formula is C12H19NO6. The summed E-state index contributed by atoms with van der Waals surface area (Å²) in [6, 6.07) is -1.22. The van der Waals surface area contributed by atoms with Gasteiger partial charge in [0.05, 0.1) is 13.2 Å². The van der Waals surface area contributed by atoms with Crippen molar-refractivity contribution in [2.24, 2.45) is 0 Å². The Morgan fingerprint density at radius 2 is 2.05 bits per heavy atom. The van der Waals surface area contributed by atoms with Crippen molar-refractivity contribution in [3.05, 3.63) is 12.2 Å². The van der Waals surface area contributed by atoms with E-state index in [1.165, 1.54) is 6.92 Å². The number of rotatable bonds is 9. The van der Waals surface area contributed by atoms with E-state index in [9.17, 15) is 19.5 Å². The van der Waals surface area contributed by atoms with E-state index in [1.54, 1.807) is 6.92 Å². The summed E-state index contributed by atoms with van der Waals surface area (Å²) in [6.07, 6.45) is -0.832. The molecule has 0 aliphatic heterocycles. The van der Waals surface area contributed by atoms with Gasteiger partial charge >= 0.3 is 11.9 Å². The number of aliphatic hydroxyl groups is 1. The molecule has 0 spiro atoms. The van der Waals surface area contributed by atoms with Gasteiger partial charge in [0.25, 0.3) is 0 Å². The van der Waals surface area contributed by atoms with E-state index in [-0.39, 0.29) is 25.2 Å². The van der Waals surface area contributed by atoms with Crippen LogP contribution < -0.4 is 5.32 Å². The average Bonchev–Trinajstić information content (AvgIpc) is 2.34. The van der Waals surface area contributed by atoms with Gasteiger partial charge in [-0.1, -0.05) is 6.58 Å². The Labute approximate surface area is 111 Å². The third kappa shape index (κ3) is 6.56. The lowest BCUT2D eigenvalue weighted by Gasteiger charge is -2.22. The highest BCUT2D eigenvalue weighted by molar-refractivity contribution is 5.79. The predicted octanol–water partition coefficient (Wildman–Crippen LogP) is -0.466. The first-order chi connectivity index (χ1) is 8.93. The number of amides is 1. The number of hydrogen-bond acceptors (Lipinski definition) is 6. The summed E-state index contributed by atoms with van der Waals surface area (Å²) in [5.74, 6) is -1.20. The highest BCUT2D eigenvalue weighted by Gasteiger charge is 2.29. The average molecular weight is 273 g/mol. The van der Waals surface area contributed by atoms with Crippen LogP contribution >= 0.6 is 0 Å². The molecule has 108 valence electrons. The zero-order chi connectivity index (χ0) is 14.8. The second-order valence-electron chi connectivity index (χ2n) is 3.71. The fourth-order valence-electron chi connectivity index (χ4n) is 1.30. The van der Waals surface area contributed by atoms with Gasteiger partial charge in [-0.2, -0.15) is 0 Å². The van der Waals surface area contributed by atoms with E-state index >= 15 is 0 Å². The second kappa shape index (κ2) is 9.09. The standard InChI is InChI=1S/C12H19NO6/c1-4-18-12(17)10(13-7-14)11(16)8(2)5-6-19-9(3)15/h7,10-11,16H,2,4-6H2,1,3H3,(H,13,14). The minimum absolute atomic E-state index is 0.0435. The van der Waals surface area contributed by atoms with Crippen LogP contribution in [0.5, 0.6) is 0 Å². The number of hydrogen-bond donors (Lipinski definition) is 2. The minimum atomic E-state index is -1.31. The van der Waals surface area contributed by atoms with Crippen LogP contribution in [-0.4, -0.2) is 48.8 Å². The Balaban J connectivity index is 4.47. The highest BCUT2D eigenvalue weighted by Crippen LogP contribution is 2.10. The molecule has 0 aromatic rings. The molecule has 1 amide bonds. The van der Waals surface area contributed by atoms with Crippen LogP contribution in [0.2, 0.25) is 0 Å². The fourth-order valence-corrected chi connectivity index (χ4v) is 1.30. The van der Waals surface area contributed by atoms with Gasteiger partial charge in [0, 0.05) is 13.3 Å². The van der Waals surface area contributed by atoms with E-state index in [2.05, 4.69) is 11.9 Å². The summed E-state index contributed by atoms with van der Waals surface area (Å²) in [7, 11) is 0. The van der Waals surface area contributed by atoms with Crippen molar-refractivity contribution in [3.63, 3.8) is 0 Å². The van der Waals surface area contributed by atoms with Crippen LogP contribution in [0.25, 0.3) is 0 Å². The lowest BCUT2D eigenvalue weighted by Crippen LogP contribution is -2.47. The third-order valence-corrected chi connectivity index (χ3v) is 2.25. The smallest absolute Gasteiger partial charge is 0.331 e. The van der Waals surface area contributed by atoms with Crippen LogP contribution in [0.4, 0.5) is 0 Å². The first-order valence-corrected chi connectivity index (χ1v) is 5.79. The van der Waals surface area contributed by atoms with Crippen molar-refractivity contribution in [2.75, 3.05) is 13.2 Å². The van der Waals surface area contributed by atoms with Gasteiger partial charge < -0.3 is 19.9 Å². The Bertz CT molecular complexity index is 341. The molecule has 7 heteroatoms. The molecule has 0 aromatic heterocycles. The van der Waals surface area contributed by atoms with Crippen LogP contribution in [-0.2, 0) is 23.9 Å². The number of nitrogens with one attached hydrogen (secondary N) is 1. The van der Waals surface area contributed by atoms with Crippen LogP contribution in [0.15, 0.2) is 12.2 Å². The summed E-state index contributed by atoms with van der Waals surface area (Å²) >= 11 is 0. The molecule has 0 saturated carbocycles. The molecule has 19 heavy (non-hydrogen) atoms. The molecule has 2 N–H and O–H groups in total. The monoisotopic (exact) mass is 273 g/mol. The predicted molar refractivity (Wildman–Crippen MR) is 66.0 cm³/mol. The Morgan fingerprint density at radius 1 is 1.42 bits per heavy atom. The summed E-state index contributed by atoms with van der Waals surface area (Å²) in [6.45, 7) is 6.63. The van der Waals surface area contributed by atoms with E-state index in [0.29, 0.717) is 6.41 Å². The molecule has 0 fully saturated rings. The summed E-state index contributed by atoms with van der Waals surface area (Å²) < 4.78 is 9.42. The third-order valence-electron chi connectivity index (χ3n) is 2.25. The largest absolute Gasteiger partial charge is 0.466 e. The number of esters is 2. The zero-order valence-electron chi connectivity index (χ0n) is 11.0. The van der Waals surface area contributed by atoms with Gasteiger partial charge in [0.2, 0.25) is 6.41 Å². The molecule has 2 atom stereocenters. The molecule has 0 bridgehead atoms.